The molecule has 1 saturated heterocycles. The fraction of sp³-hybridized carbons (Fsp3) is 0.227. The van der Waals surface area contributed by atoms with Gasteiger partial charge in [0.1, 0.15) is 28.4 Å². The molecular weight excluding hydrogens is 439 g/mol. The van der Waals surface area contributed by atoms with Crippen molar-refractivity contribution in [1.29, 1.82) is 0 Å². The molecule has 0 N–H and O–H groups in total. The number of thiazole rings is 1. The van der Waals surface area contributed by atoms with Crippen molar-refractivity contribution in [1.82, 2.24) is 15.0 Å². The summed E-state index contributed by atoms with van der Waals surface area (Å²) in [5.41, 5.74) is 1.95. The van der Waals surface area contributed by atoms with E-state index in [4.69, 9.17) is 16.1 Å². The molecular formula is C22H18ClFN4O2S. The van der Waals surface area contributed by atoms with E-state index in [2.05, 4.69) is 15.0 Å². The number of benzene rings is 2. The predicted octanol–water partition coefficient (Wildman–Crippen LogP) is 5.01. The maximum absolute atomic E-state index is 14.0. The second kappa shape index (κ2) is 7.94. The van der Waals surface area contributed by atoms with Gasteiger partial charge in [-0.1, -0.05) is 52.4 Å². The molecule has 2 aromatic carbocycles. The summed E-state index contributed by atoms with van der Waals surface area (Å²) in [5.74, 6) is 0.0107. The van der Waals surface area contributed by atoms with E-state index in [1.807, 2.05) is 24.3 Å². The van der Waals surface area contributed by atoms with E-state index < -0.39 is 0 Å². The maximum atomic E-state index is 14.0. The first kappa shape index (κ1) is 20.0. The lowest BCUT2D eigenvalue weighted by Gasteiger charge is -2.34. The summed E-state index contributed by atoms with van der Waals surface area (Å²) in [6.07, 6.45) is 0. The van der Waals surface area contributed by atoms with Crippen molar-refractivity contribution < 1.29 is 13.7 Å². The number of hydrogen-bond acceptors (Lipinski definition) is 6. The van der Waals surface area contributed by atoms with Gasteiger partial charge in [0.25, 0.3) is 5.91 Å². The molecule has 5 rings (SSSR count). The molecule has 1 aliphatic rings. The number of anilines is 1. The van der Waals surface area contributed by atoms with Crippen LogP contribution in [0.4, 0.5) is 9.52 Å². The molecule has 0 saturated carbocycles. The van der Waals surface area contributed by atoms with Crippen molar-refractivity contribution in [3.63, 3.8) is 0 Å². The normalized spacial score (nSPS) is 14.4. The fourth-order valence-electron chi connectivity index (χ4n) is 3.76. The van der Waals surface area contributed by atoms with Crippen LogP contribution in [0.2, 0.25) is 5.02 Å². The Morgan fingerprint density at radius 1 is 1.13 bits per heavy atom. The van der Waals surface area contributed by atoms with Gasteiger partial charge in [-0.15, -0.1) is 0 Å². The zero-order valence-electron chi connectivity index (χ0n) is 16.6. The van der Waals surface area contributed by atoms with E-state index >= 15 is 0 Å². The van der Waals surface area contributed by atoms with Gasteiger partial charge in [0.15, 0.2) is 5.13 Å². The van der Waals surface area contributed by atoms with Gasteiger partial charge >= 0.3 is 0 Å². The first-order valence-electron chi connectivity index (χ1n) is 9.83. The van der Waals surface area contributed by atoms with E-state index in [1.165, 1.54) is 17.4 Å². The third-order valence-corrected chi connectivity index (χ3v) is 6.81. The van der Waals surface area contributed by atoms with Crippen molar-refractivity contribution >= 4 is 44.2 Å². The van der Waals surface area contributed by atoms with Crippen LogP contribution in [-0.4, -0.2) is 47.1 Å². The average molecular weight is 457 g/mol. The standard InChI is InChI=1S/C22H18ClFN4O2S/c1-13-18(19(26-30-13)14-5-2-3-6-15(14)23)21(29)27-9-11-28(12-10-27)22-25-20-16(24)7-4-8-17(20)31-22/h2-8H,9-12H2,1H3. The van der Waals surface area contributed by atoms with Gasteiger partial charge in [0.2, 0.25) is 0 Å². The van der Waals surface area contributed by atoms with Gasteiger partial charge in [0.05, 0.1) is 9.72 Å². The molecule has 0 unspecified atom stereocenters. The van der Waals surface area contributed by atoms with Crippen LogP contribution in [0.25, 0.3) is 21.5 Å². The van der Waals surface area contributed by atoms with Crippen LogP contribution in [0.1, 0.15) is 16.1 Å². The Morgan fingerprint density at radius 3 is 2.65 bits per heavy atom. The summed E-state index contributed by atoms with van der Waals surface area (Å²) in [4.78, 5) is 21.6. The van der Waals surface area contributed by atoms with Crippen molar-refractivity contribution in [2.45, 2.75) is 6.92 Å². The van der Waals surface area contributed by atoms with Crippen LogP contribution >= 0.6 is 22.9 Å². The molecule has 0 atom stereocenters. The Kier molecular flexibility index (Phi) is 5.11. The topological polar surface area (TPSA) is 62.5 Å². The number of aromatic nitrogens is 2. The number of carbonyl (C=O) groups excluding carboxylic acids is 1. The summed E-state index contributed by atoms with van der Waals surface area (Å²) in [6, 6.07) is 12.2. The molecule has 1 amide bonds. The molecule has 0 radical (unpaired) electrons. The van der Waals surface area contributed by atoms with Gasteiger partial charge in [-0.25, -0.2) is 9.37 Å². The SMILES string of the molecule is Cc1onc(-c2ccccc2Cl)c1C(=O)N1CCN(c2nc3c(F)cccc3s2)CC1. The minimum Gasteiger partial charge on any atom is -0.360 e. The molecule has 1 aliphatic heterocycles. The van der Waals surface area contributed by atoms with Gasteiger partial charge in [-0.2, -0.15) is 0 Å². The van der Waals surface area contributed by atoms with Gasteiger partial charge in [-0.3, -0.25) is 4.79 Å². The Morgan fingerprint density at radius 2 is 1.90 bits per heavy atom. The number of carbonyl (C=O) groups is 1. The molecule has 0 aliphatic carbocycles. The lowest BCUT2D eigenvalue weighted by Crippen LogP contribution is -2.49. The van der Waals surface area contributed by atoms with Crippen molar-refractivity contribution in [3.8, 4) is 11.3 Å². The quantitative estimate of drug-likeness (QED) is 0.433. The number of amides is 1. The molecule has 0 spiro atoms. The minimum absolute atomic E-state index is 0.135. The largest absolute Gasteiger partial charge is 0.360 e. The number of aryl methyl sites for hydroxylation is 1. The Balaban J connectivity index is 1.35. The number of rotatable bonds is 3. The molecule has 3 heterocycles. The molecule has 31 heavy (non-hydrogen) atoms. The first-order chi connectivity index (χ1) is 15.0. The van der Waals surface area contributed by atoms with Gasteiger partial charge in [-0.05, 0) is 25.1 Å². The lowest BCUT2D eigenvalue weighted by atomic mass is 10.0. The van der Waals surface area contributed by atoms with Crippen LogP contribution < -0.4 is 4.90 Å². The summed E-state index contributed by atoms with van der Waals surface area (Å²) in [7, 11) is 0. The Hall–Kier alpha value is -2.97. The van der Waals surface area contributed by atoms with E-state index in [0.717, 1.165) is 9.83 Å². The minimum atomic E-state index is -0.316. The second-order valence-electron chi connectivity index (χ2n) is 7.30. The zero-order chi connectivity index (χ0) is 21.5. The monoisotopic (exact) mass is 456 g/mol. The van der Waals surface area contributed by atoms with E-state index in [9.17, 15) is 9.18 Å². The third-order valence-electron chi connectivity index (χ3n) is 5.40. The number of nitrogens with zero attached hydrogens (tertiary/aromatic N) is 4. The first-order valence-corrected chi connectivity index (χ1v) is 11.0. The molecule has 1 fully saturated rings. The van der Waals surface area contributed by atoms with Gasteiger partial charge in [0, 0.05) is 31.7 Å². The predicted molar refractivity (Wildman–Crippen MR) is 119 cm³/mol. The highest BCUT2D eigenvalue weighted by Crippen LogP contribution is 2.33. The molecule has 2 aromatic heterocycles. The highest BCUT2D eigenvalue weighted by Gasteiger charge is 2.30. The van der Waals surface area contributed by atoms with Gasteiger partial charge < -0.3 is 14.3 Å². The van der Waals surface area contributed by atoms with E-state index in [0.29, 0.717) is 59.3 Å². The van der Waals surface area contributed by atoms with Crippen molar-refractivity contribution in [2.24, 2.45) is 0 Å². The highest BCUT2D eigenvalue weighted by molar-refractivity contribution is 7.22. The number of hydrogen-bond donors (Lipinski definition) is 0. The fourth-order valence-corrected chi connectivity index (χ4v) is 5.02. The van der Waals surface area contributed by atoms with E-state index in [-0.39, 0.29) is 11.7 Å². The summed E-state index contributed by atoms with van der Waals surface area (Å²) >= 11 is 7.78. The van der Waals surface area contributed by atoms with E-state index in [1.54, 1.807) is 24.0 Å². The summed E-state index contributed by atoms with van der Waals surface area (Å²) < 4.78 is 20.1. The second-order valence-corrected chi connectivity index (χ2v) is 8.72. The van der Waals surface area contributed by atoms with Crippen LogP contribution in [0, 0.1) is 12.7 Å². The molecule has 158 valence electrons. The molecule has 9 heteroatoms. The Labute approximate surface area is 186 Å². The van der Waals surface area contributed by atoms with Crippen LogP contribution in [0.3, 0.4) is 0 Å². The molecule has 4 aromatic rings. The maximum Gasteiger partial charge on any atom is 0.259 e. The highest BCUT2D eigenvalue weighted by atomic mass is 35.5. The third kappa shape index (κ3) is 3.55. The van der Waals surface area contributed by atoms with Crippen molar-refractivity contribution in [2.75, 3.05) is 31.1 Å². The smallest absolute Gasteiger partial charge is 0.259 e. The zero-order valence-corrected chi connectivity index (χ0v) is 18.2. The van der Waals surface area contributed by atoms with Crippen LogP contribution in [-0.2, 0) is 0 Å². The number of piperazine rings is 1. The summed E-state index contributed by atoms with van der Waals surface area (Å²) in [5, 5.41) is 5.38. The lowest BCUT2D eigenvalue weighted by molar-refractivity contribution is 0.0745. The molecule has 0 bridgehead atoms. The van der Waals surface area contributed by atoms with Crippen LogP contribution in [0.15, 0.2) is 47.0 Å². The average Bonchev–Trinajstić information content (AvgIpc) is 3.38. The number of halogens is 2. The Bertz CT molecular complexity index is 1280. The summed E-state index contributed by atoms with van der Waals surface area (Å²) in [6.45, 7) is 3.98. The number of para-hydroxylation sites is 1. The van der Waals surface area contributed by atoms with Crippen molar-refractivity contribution in [3.05, 3.63) is 64.6 Å². The number of fused-ring (bicyclic) bond motifs is 1. The van der Waals surface area contributed by atoms with Crippen LogP contribution in [0.5, 0.6) is 0 Å². The molecule has 6 nitrogen and oxygen atoms in total.